The Labute approximate surface area is 91.6 Å². The van der Waals surface area contributed by atoms with Crippen LogP contribution in [0.1, 0.15) is 27.7 Å². The Kier molecular flexibility index (Phi) is 2.18. The van der Waals surface area contributed by atoms with Crippen molar-refractivity contribution in [3.63, 3.8) is 0 Å². The van der Waals surface area contributed by atoms with E-state index in [1.165, 1.54) is 0 Å². The zero-order valence-electron chi connectivity index (χ0n) is 9.86. The van der Waals surface area contributed by atoms with E-state index < -0.39 is 0 Å². The van der Waals surface area contributed by atoms with Crippen molar-refractivity contribution in [2.75, 3.05) is 0 Å². The van der Waals surface area contributed by atoms with Crippen LogP contribution in [0.5, 0.6) is 0 Å². The maximum atomic E-state index is 9.98. The molecule has 2 rings (SSSR count). The van der Waals surface area contributed by atoms with Gasteiger partial charge in [-0.2, -0.15) is 0 Å². The fraction of sp³-hybridized carbons (Fsp3) is 0.538. The van der Waals surface area contributed by atoms with E-state index in [1.807, 2.05) is 13.0 Å². The molecule has 0 fully saturated rings. The van der Waals surface area contributed by atoms with Crippen molar-refractivity contribution >= 4 is 0 Å². The van der Waals surface area contributed by atoms with Crippen LogP contribution in [-0.4, -0.2) is 21.6 Å². The molecule has 0 radical (unpaired) electrons. The first-order valence-electron chi connectivity index (χ1n) is 5.46. The van der Waals surface area contributed by atoms with Crippen LogP contribution in [0.4, 0.5) is 0 Å². The van der Waals surface area contributed by atoms with Crippen LogP contribution in [0.15, 0.2) is 35.8 Å². The van der Waals surface area contributed by atoms with E-state index in [0.717, 1.165) is 5.57 Å². The topological polar surface area (TPSA) is 23.5 Å². The summed E-state index contributed by atoms with van der Waals surface area (Å²) in [6, 6.07) is 0.286. The highest BCUT2D eigenvalue weighted by molar-refractivity contribution is 5.35. The highest BCUT2D eigenvalue weighted by Crippen LogP contribution is 2.36. The predicted molar refractivity (Wildman–Crippen MR) is 62.5 cm³/mol. The predicted octanol–water partition coefficient (Wildman–Crippen LogP) is 3.00. The highest BCUT2D eigenvalue weighted by Gasteiger charge is 2.37. The van der Waals surface area contributed by atoms with Gasteiger partial charge < -0.3 is 10.0 Å². The number of hydrogen-bond donors (Lipinski definition) is 1. The minimum Gasteiger partial charge on any atom is -0.511 e. The summed E-state index contributed by atoms with van der Waals surface area (Å²) in [7, 11) is 0. The van der Waals surface area contributed by atoms with Gasteiger partial charge in [-0.25, -0.2) is 0 Å². The molecular weight excluding hydrogens is 186 g/mol. The van der Waals surface area contributed by atoms with E-state index in [9.17, 15) is 5.11 Å². The summed E-state index contributed by atoms with van der Waals surface area (Å²) in [5.41, 5.74) is 1.09. The molecule has 15 heavy (non-hydrogen) atoms. The van der Waals surface area contributed by atoms with Gasteiger partial charge in [0.05, 0.1) is 12.0 Å². The van der Waals surface area contributed by atoms with Crippen LogP contribution < -0.4 is 0 Å². The minimum absolute atomic E-state index is 0.103. The second kappa shape index (κ2) is 3.16. The van der Waals surface area contributed by atoms with Crippen molar-refractivity contribution in [2.45, 2.75) is 39.3 Å². The molecule has 2 nitrogen and oxygen atoms in total. The fourth-order valence-corrected chi connectivity index (χ4v) is 2.30. The monoisotopic (exact) mass is 205 g/mol. The van der Waals surface area contributed by atoms with Crippen LogP contribution in [0.25, 0.3) is 0 Å². The molecule has 1 heterocycles. The van der Waals surface area contributed by atoms with Crippen molar-refractivity contribution in [2.24, 2.45) is 5.92 Å². The number of fused-ring (bicyclic) bond motifs is 1. The third-order valence-corrected chi connectivity index (χ3v) is 3.18. The molecule has 0 amide bonds. The van der Waals surface area contributed by atoms with Crippen LogP contribution in [0, 0.1) is 5.92 Å². The van der Waals surface area contributed by atoms with Gasteiger partial charge >= 0.3 is 0 Å². The fourth-order valence-electron chi connectivity index (χ4n) is 2.30. The molecule has 0 saturated carbocycles. The summed E-state index contributed by atoms with van der Waals surface area (Å²) in [6.07, 6.45) is 8.40. The van der Waals surface area contributed by atoms with Crippen molar-refractivity contribution in [3.05, 3.63) is 35.8 Å². The zero-order chi connectivity index (χ0) is 11.2. The lowest BCUT2D eigenvalue weighted by Crippen LogP contribution is -2.44. The van der Waals surface area contributed by atoms with Gasteiger partial charge in [-0.15, -0.1) is 0 Å². The first-order valence-corrected chi connectivity index (χ1v) is 5.46. The van der Waals surface area contributed by atoms with Crippen LogP contribution in [0.3, 0.4) is 0 Å². The summed E-state index contributed by atoms with van der Waals surface area (Å²) in [5, 5.41) is 9.98. The van der Waals surface area contributed by atoms with Gasteiger partial charge in [0, 0.05) is 5.54 Å². The Morgan fingerprint density at radius 3 is 2.53 bits per heavy atom. The van der Waals surface area contributed by atoms with Crippen LogP contribution in [0.2, 0.25) is 0 Å². The Hall–Kier alpha value is -1.18. The maximum Gasteiger partial charge on any atom is 0.104 e. The molecule has 0 aromatic rings. The molecular formula is C13H19NO. The van der Waals surface area contributed by atoms with E-state index in [0.29, 0.717) is 5.76 Å². The molecule has 0 saturated heterocycles. The second-order valence-corrected chi connectivity index (χ2v) is 5.36. The normalized spacial score (nSPS) is 30.0. The molecule has 2 heteroatoms. The number of aliphatic hydroxyl groups excluding tert-OH is 1. The average Bonchev–Trinajstić information content (AvgIpc) is 2.54. The smallest absolute Gasteiger partial charge is 0.104 e. The molecule has 1 aliphatic carbocycles. The van der Waals surface area contributed by atoms with Gasteiger partial charge in [-0.1, -0.05) is 18.2 Å². The van der Waals surface area contributed by atoms with Gasteiger partial charge in [0.1, 0.15) is 5.76 Å². The molecule has 82 valence electrons. The second-order valence-electron chi connectivity index (χ2n) is 5.36. The first-order chi connectivity index (χ1) is 6.91. The zero-order valence-corrected chi connectivity index (χ0v) is 9.86. The van der Waals surface area contributed by atoms with Gasteiger partial charge in [0.2, 0.25) is 0 Å². The number of hydrogen-bond acceptors (Lipinski definition) is 2. The molecule has 0 spiro atoms. The molecule has 1 N–H and O–H groups in total. The van der Waals surface area contributed by atoms with Gasteiger partial charge in [-0.05, 0) is 39.5 Å². The number of rotatable bonds is 0. The minimum atomic E-state index is 0.103. The van der Waals surface area contributed by atoms with E-state index in [-0.39, 0.29) is 17.5 Å². The largest absolute Gasteiger partial charge is 0.511 e. The molecule has 2 unspecified atom stereocenters. The molecule has 0 aromatic carbocycles. The van der Waals surface area contributed by atoms with E-state index in [2.05, 4.69) is 44.0 Å². The Morgan fingerprint density at radius 2 is 1.93 bits per heavy atom. The van der Waals surface area contributed by atoms with Crippen LogP contribution >= 0.6 is 0 Å². The standard InChI is InChI=1S/C13H19NO/c1-9-5-6-11-10(12(9)15)7-8-14(11)13(2,3)4/h5-8,10-11,15H,1-4H3. The first kappa shape index (κ1) is 10.3. The summed E-state index contributed by atoms with van der Waals surface area (Å²) in [4.78, 5) is 2.30. The summed E-state index contributed by atoms with van der Waals surface area (Å²) < 4.78 is 0. The van der Waals surface area contributed by atoms with Crippen molar-refractivity contribution < 1.29 is 5.11 Å². The summed E-state index contributed by atoms with van der Waals surface area (Å²) in [6.45, 7) is 8.52. The van der Waals surface area contributed by atoms with E-state index >= 15 is 0 Å². The van der Waals surface area contributed by atoms with Gasteiger partial charge in [-0.3, -0.25) is 0 Å². The lowest BCUT2D eigenvalue weighted by molar-refractivity contribution is 0.157. The van der Waals surface area contributed by atoms with Gasteiger partial charge in [0.15, 0.2) is 0 Å². The summed E-state index contributed by atoms with van der Waals surface area (Å²) in [5.74, 6) is 0.666. The van der Waals surface area contributed by atoms with Crippen molar-refractivity contribution in [3.8, 4) is 0 Å². The SMILES string of the molecule is CC1=C(O)C2C=CN(C(C)(C)C)C2C=C1. The van der Waals surface area contributed by atoms with Gasteiger partial charge in [0.25, 0.3) is 0 Å². The summed E-state index contributed by atoms with van der Waals surface area (Å²) >= 11 is 0. The Balaban J connectivity index is 2.30. The average molecular weight is 205 g/mol. The van der Waals surface area contributed by atoms with Crippen LogP contribution in [-0.2, 0) is 0 Å². The number of aliphatic hydroxyl groups is 1. The van der Waals surface area contributed by atoms with E-state index in [1.54, 1.807) is 0 Å². The molecule has 2 aliphatic rings. The molecule has 0 aromatic heterocycles. The Bertz CT molecular complexity index is 357. The quantitative estimate of drug-likeness (QED) is 0.657. The maximum absolute atomic E-state index is 9.98. The number of nitrogens with zero attached hydrogens (tertiary/aromatic N) is 1. The lowest BCUT2D eigenvalue weighted by atomic mass is 9.89. The third-order valence-electron chi connectivity index (χ3n) is 3.18. The van der Waals surface area contributed by atoms with Crippen molar-refractivity contribution in [1.82, 2.24) is 4.90 Å². The van der Waals surface area contributed by atoms with Crippen molar-refractivity contribution in [1.29, 1.82) is 0 Å². The van der Waals surface area contributed by atoms with E-state index in [4.69, 9.17) is 0 Å². The molecule has 0 bridgehead atoms. The molecule has 1 aliphatic heterocycles. The molecule has 2 atom stereocenters. The lowest BCUT2D eigenvalue weighted by Gasteiger charge is -2.39. The number of allylic oxidation sites excluding steroid dienone is 2. The third kappa shape index (κ3) is 1.58. The highest BCUT2D eigenvalue weighted by atomic mass is 16.3. The Morgan fingerprint density at radius 1 is 1.27 bits per heavy atom.